The highest BCUT2D eigenvalue weighted by Gasteiger charge is 2.12. The third-order valence-electron chi connectivity index (χ3n) is 2.58. The molecule has 0 N–H and O–H groups in total. The van der Waals surface area contributed by atoms with Gasteiger partial charge in [-0.1, -0.05) is 12.1 Å². The van der Waals surface area contributed by atoms with Crippen LogP contribution in [0.4, 0.5) is 0 Å². The lowest BCUT2D eigenvalue weighted by Gasteiger charge is -2.00. The van der Waals surface area contributed by atoms with Crippen LogP contribution < -0.4 is 9.47 Å². The maximum Gasteiger partial charge on any atom is 0.330 e. The monoisotopic (exact) mass is 248 g/mol. The van der Waals surface area contributed by atoms with Crippen LogP contribution in [0.5, 0.6) is 11.5 Å². The van der Waals surface area contributed by atoms with Crippen LogP contribution in [0.2, 0.25) is 0 Å². The Kier molecular flexibility index (Phi) is 4.23. The Hall–Kier alpha value is -1.97. The van der Waals surface area contributed by atoms with Gasteiger partial charge in [0.05, 0.1) is 6.61 Å². The number of rotatable bonds is 5. The van der Waals surface area contributed by atoms with Gasteiger partial charge in [0.25, 0.3) is 0 Å². The van der Waals surface area contributed by atoms with Crippen LogP contribution in [0, 0.1) is 0 Å². The van der Waals surface area contributed by atoms with Crippen molar-refractivity contribution in [1.82, 2.24) is 0 Å². The van der Waals surface area contributed by atoms with Crippen LogP contribution in [0.25, 0.3) is 0 Å². The maximum atomic E-state index is 11.1. The Morgan fingerprint density at radius 3 is 3.06 bits per heavy atom. The van der Waals surface area contributed by atoms with E-state index >= 15 is 0 Å². The Labute approximate surface area is 106 Å². The molecule has 0 aliphatic carbocycles. The number of aryl methyl sites for hydroxylation is 1. The normalized spacial score (nSPS) is 12.9. The molecule has 1 heterocycles. The van der Waals surface area contributed by atoms with E-state index in [1.54, 1.807) is 6.92 Å². The standard InChI is InChI=1S/C14H16O4/c1-2-16-14(15)6-4-3-5-11-7-8-12-13(9-11)18-10-17-12/h4,6-9H,2-3,5,10H2,1H3/b6-4+. The van der Waals surface area contributed by atoms with E-state index in [2.05, 4.69) is 0 Å². The van der Waals surface area contributed by atoms with E-state index in [-0.39, 0.29) is 5.97 Å². The topological polar surface area (TPSA) is 44.8 Å². The quantitative estimate of drug-likeness (QED) is 0.593. The summed E-state index contributed by atoms with van der Waals surface area (Å²) < 4.78 is 15.3. The lowest BCUT2D eigenvalue weighted by Crippen LogP contribution is -1.98. The van der Waals surface area contributed by atoms with Crippen molar-refractivity contribution in [3.05, 3.63) is 35.9 Å². The number of ether oxygens (including phenoxy) is 3. The maximum absolute atomic E-state index is 11.1. The second kappa shape index (κ2) is 6.10. The molecule has 1 aliphatic heterocycles. The van der Waals surface area contributed by atoms with Gasteiger partial charge in [-0.05, 0) is 37.5 Å². The predicted molar refractivity (Wildman–Crippen MR) is 66.7 cm³/mol. The van der Waals surface area contributed by atoms with Crippen molar-refractivity contribution in [1.29, 1.82) is 0 Å². The fourth-order valence-electron chi connectivity index (χ4n) is 1.72. The molecule has 96 valence electrons. The van der Waals surface area contributed by atoms with Crippen molar-refractivity contribution in [3.63, 3.8) is 0 Å². The summed E-state index contributed by atoms with van der Waals surface area (Å²) in [6, 6.07) is 5.89. The van der Waals surface area contributed by atoms with Crippen molar-refractivity contribution < 1.29 is 19.0 Å². The summed E-state index contributed by atoms with van der Waals surface area (Å²) in [6.07, 6.45) is 4.93. The minimum absolute atomic E-state index is 0.289. The van der Waals surface area contributed by atoms with Gasteiger partial charge < -0.3 is 14.2 Å². The average molecular weight is 248 g/mol. The molecule has 4 heteroatoms. The zero-order chi connectivity index (χ0) is 12.8. The van der Waals surface area contributed by atoms with Gasteiger partial charge in [-0.25, -0.2) is 4.79 Å². The first kappa shape index (κ1) is 12.5. The van der Waals surface area contributed by atoms with E-state index in [1.165, 1.54) is 6.08 Å². The first-order chi connectivity index (χ1) is 8.79. The number of carbonyl (C=O) groups excluding carboxylic acids is 1. The van der Waals surface area contributed by atoms with Crippen molar-refractivity contribution in [3.8, 4) is 11.5 Å². The van der Waals surface area contributed by atoms with E-state index in [1.807, 2.05) is 24.3 Å². The van der Waals surface area contributed by atoms with Crippen LogP contribution in [0.1, 0.15) is 18.9 Å². The molecular formula is C14H16O4. The summed E-state index contributed by atoms with van der Waals surface area (Å²) in [5.41, 5.74) is 1.16. The number of fused-ring (bicyclic) bond motifs is 1. The zero-order valence-electron chi connectivity index (χ0n) is 10.3. The highest BCUT2D eigenvalue weighted by Crippen LogP contribution is 2.32. The Morgan fingerprint density at radius 2 is 2.22 bits per heavy atom. The molecule has 0 saturated heterocycles. The molecule has 1 aromatic carbocycles. The molecule has 0 aromatic heterocycles. The second-order valence-electron chi connectivity index (χ2n) is 3.88. The minimum atomic E-state index is -0.289. The molecule has 4 nitrogen and oxygen atoms in total. The van der Waals surface area contributed by atoms with Gasteiger partial charge in [0, 0.05) is 6.08 Å². The summed E-state index contributed by atoms with van der Waals surface area (Å²) in [5.74, 6) is 1.30. The molecule has 0 amide bonds. The van der Waals surface area contributed by atoms with Gasteiger partial charge in [0.2, 0.25) is 6.79 Å². The number of carbonyl (C=O) groups is 1. The lowest BCUT2D eigenvalue weighted by molar-refractivity contribution is -0.137. The number of allylic oxidation sites excluding steroid dienone is 1. The van der Waals surface area contributed by atoms with E-state index in [0.29, 0.717) is 13.4 Å². The molecule has 0 spiro atoms. The van der Waals surface area contributed by atoms with E-state index in [0.717, 1.165) is 29.9 Å². The Bertz CT molecular complexity index is 451. The fraction of sp³-hybridized carbons (Fsp3) is 0.357. The fourth-order valence-corrected chi connectivity index (χ4v) is 1.72. The first-order valence-electron chi connectivity index (χ1n) is 6.01. The number of hydrogen-bond donors (Lipinski definition) is 0. The summed E-state index contributed by atoms with van der Waals surface area (Å²) >= 11 is 0. The van der Waals surface area contributed by atoms with E-state index in [4.69, 9.17) is 14.2 Å². The molecule has 2 rings (SSSR count). The zero-order valence-corrected chi connectivity index (χ0v) is 10.3. The summed E-state index contributed by atoms with van der Waals surface area (Å²) in [7, 11) is 0. The van der Waals surface area contributed by atoms with Gasteiger partial charge >= 0.3 is 5.97 Å². The molecule has 0 fully saturated rings. The van der Waals surface area contributed by atoms with Crippen LogP contribution in [-0.4, -0.2) is 19.4 Å². The smallest absolute Gasteiger partial charge is 0.330 e. The van der Waals surface area contributed by atoms with E-state index < -0.39 is 0 Å². The lowest BCUT2D eigenvalue weighted by atomic mass is 10.1. The SMILES string of the molecule is CCOC(=O)/C=C/CCc1ccc2c(c1)OCO2. The van der Waals surface area contributed by atoms with Crippen molar-refractivity contribution in [2.45, 2.75) is 19.8 Å². The van der Waals surface area contributed by atoms with Gasteiger partial charge in [-0.3, -0.25) is 0 Å². The molecule has 0 saturated carbocycles. The Balaban J connectivity index is 1.82. The van der Waals surface area contributed by atoms with Gasteiger partial charge in [-0.2, -0.15) is 0 Å². The largest absolute Gasteiger partial charge is 0.463 e. The van der Waals surface area contributed by atoms with Gasteiger partial charge in [-0.15, -0.1) is 0 Å². The Morgan fingerprint density at radius 1 is 1.39 bits per heavy atom. The van der Waals surface area contributed by atoms with Crippen molar-refractivity contribution in [2.75, 3.05) is 13.4 Å². The highest BCUT2D eigenvalue weighted by molar-refractivity contribution is 5.81. The van der Waals surface area contributed by atoms with Crippen molar-refractivity contribution >= 4 is 5.97 Å². The van der Waals surface area contributed by atoms with Crippen molar-refractivity contribution in [2.24, 2.45) is 0 Å². The number of hydrogen-bond acceptors (Lipinski definition) is 4. The molecule has 1 aromatic rings. The van der Waals surface area contributed by atoms with Gasteiger partial charge in [0.15, 0.2) is 11.5 Å². The molecule has 0 unspecified atom stereocenters. The second-order valence-corrected chi connectivity index (χ2v) is 3.88. The summed E-state index contributed by atoms with van der Waals surface area (Å²) in [4.78, 5) is 11.1. The number of benzene rings is 1. The third-order valence-corrected chi connectivity index (χ3v) is 2.58. The molecular weight excluding hydrogens is 232 g/mol. The van der Waals surface area contributed by atoms with Crippen LogP contribution in [0.15, 0.2) is 30.4 Å². The van der Waals surface area contributed by atoms with E-state index in [9.17, 15) is 4.79 Å². The predicted octanol–water partition coefficient (Wildman–Crippen LogP) is 2.47. The van der Waals surface area contributed by atoms with Gasteiger partial charge in [0.1, 0.15) is 0 Å². The molecule has 0 bridgehead atoms. The van der Waals surface area contributed by atoms with Crippen LogP contribution >= 0.6 is 0 Å². The minimum Gasteiger partial charge on any atom is -0.463 e. The van der Waals surface area contributed by atoms with Crippen LogP contribution in [-0.2, 0) is 16.0 Å². The molecule has 1 aliphatic rings. The summed E-state index contributed by atoms with van der Waals surface area (Å²) in [5, 5.41) is 0. The summed E-state index contributed by atoms with van der Waals surface area (Å²) in [6.45, 7) is 2.49. The first-order valence-corrected chi connectivity index (χ1v) is 6.01. The highest BCUT2D eigenvalue weighted by atomic mass is 16.7. The third kappa shape index (κ3) is 3.26. The average Bonchev–Trinajstić information content (AvgIpc) is 2.82. The number of esters is 1. The van der Waals surface area contributed by atoms with Crippen LogP contribution in [0.3, 0.4) is 0 Å². The molecule has 0 atom stereocenters. The molecule has 18 heavy (non-hydrogen) atoms. The molecule has 0 radical (unpaired) electrons.